The molecule has 1 aliphatic rings. The van der Waals surface area contributed by atoms with Gasteiger partial charge in [0.05, 0.1) is 5.54 Å². The van der Waals surface area contributed by atoms with E-state index in [1.54, 1.807) is 0 Å². The van der Waals surface area contributed by atoms with E-state index < -0.39 is 11.4 Å². The number of amides is 1. The first-order valence-corrected chi connectivity index (χ1v) is 7.40. The van der Waals surface area contributed by atoms with Crippen molar-refractivity contribution in [2.75, 3.05) is 5.88 Å². The summed E-state index contributed by atoms with van der Waals surface area (Å²) in [6, 6.07) is 4.25. The molecule has 0 spiro atoms. The molecule has 20 heavy (non-hydrogen) atoms. The fourth-order valence-electron chi connectivity index (χ4n) is 2.99. The van der Waals surface area contributed by atoms with E-state index in [1.165, 1.54) is 18.2 Å². The molecule has 1 aromatic carbocycles. The lowest BCUT2D eigenvalue weighted by Crippen LogP contribution is -2.52. The van der Waals surface area contributed by atoms with Gasteiger partial charge in [-0.25, -0.2) is 0 Å². The van der Waals surface area contributed by atoms with Gasteiger partial charge >= 0.3 is 0 Å². The average Bonchev–Trinajstić information content (AvgIpc) is 2.38. The number of phenolic OH excluding ortho intramolecular Hbond substituents is 2. The molecule has 0 bridgehead atoms. The molecule has 0 heterocycles. The SMILES string of the molecule is CC1CCCC(CCl)(NC(=O)c2c(O)cccc2O)C1. The number of nitrogens with one attached hydrogen (secondary N) is 1. The Morgan fingerprint density at radius 3 is 2.65 bits per heavy atom. The zero-order valence-corrected chi connectivity index (χ0v) is 12.3. The number of carbonyl (C=O) groups is 1. The number of benzene rings is 1. The summed E-state index contributed by atoms with van der Waals surface area (Å²) in [6.45, 7) is 2.14. The van der Waals surface area contributed by atoms with Crippen molar-refractivity contribution in [3.8, 4) is 11.5 Å². The number of hydrogen-bond donors (Lipinski definition) is 3. The number of phenols is 2. The third-order valence-electron chi connectivity index (χ3n) is 3.97. The normalized spacial score (nSPS) is 26.2. The Kier molecular flexibility index (Phi) is 4.43. The van der Waals surface area contributed by atoms with Crippen molar-refractivity contribution in [2.45, 2.75) is 38.1 Å². The highest BCUT2D eigenvalue weighted by atomic mass is 35.5. The van der Waals surface area contributed by atoms with Crippen LogP contribution in [0.15, 0.2) is 18.2 Å². The smallest absolute Gasteiger partial charge is 0.259 e. The Morgan fingerprint density at radius 2 is 2.10 bits per heavy atom. The van der Waals surface area contributed by atoms with Crippen LogP contribution in [0.25, 0.3) is 0 Å². The summed E-state index contributed by atoms with van der Waals surface area (Å²) < 4.78 is 0. The summed E-state index contributed by atoms with van der Waals surface area (Å²) in [4.78, 5) is 12.3. The number of rotatable bonds is 3. The molecule has 2 rings (SSSR count). The van der Waals surface area contributed by atoms with Gasteiger partial charge in [-0.15, -0.1) is 11.6 Å². The van der Waals surface area contributed by atoms with E-state index in [-0.39, 0.29) is 17.1 Å². The minimum Gasteiger partial charge on any atom is -0.507 e. The molecule has 0 aliphatic heterocycles. The van der Waals surface area contributed by atoms with Crippen molar-refractivity contribution >= 4 is 17.5 Å². The Morgan fingerprint density at radius 1 is 1.45 bits per heavy atom. The highest BCUT2D eigenvalue weighted by Crippen LogP contribution is 2.34. The molecule has 2 unspecified atom stereocenters. The molecule has 4 nitrogen and oxygen atoms in total. The van der Waals surface area contributed by atoms with Crippen LogP contribution in [0.5, 0.6) is 11.5 Å². The maximum absolute atomic E-state index is 12.3. The van der Waals surface area contributed by atoms with Crippen molar-refractivity contribution in [1.29, 1.82) is 0 Å². The number of hydrogen-bond acceptors (Lipinski definition) is 3. The lowest BCUT2D eigenvalue weighted by Gasteiger charge is -2.39. The number of alkyl halides is 1. The summed E-state index contributed by atoms with van der Waals surface area (Å²) in [5.74, 6) is -0.0967. The van der Waals surface area contributed by atoms with Crippen LogP contribution in [-0.2, 0) is 0 Å². The fourth-order valence-corrected chi connectivity index (χ4v) is 3.30. The Balaban J connectivity index is 2.21. The molecular weight excluding hydrogens is 278 g/mol. The monoisotopic (exact) mass is 297 g/mol. The van der Waals surface area contributed by atoms with Gasteiger partial charge in [0.1, 0.15) is 17.1 Å². The maximum atomic E-state index is 12.3. The van der Waals surface area contributed by atoms with Crippen LogP contribution in [-0.4, -0.2) is 27.5 Å². The molecule has 0 aromatic heterocycles. The van der Waals surface area contributed by atoms with Gasteiger partial charge in [0.2, 0.25) is 0 Å². The Bertz CT molecular complexity index is 486. The van der Waals surface area contributed by atoms with Crippen LogP contribution < -0.4 is 5.32 Å². The van der Waals surface area contributed by atoms with E-state index in [2.05, 4.69) is 12.2 Å². The van der Waals surface area contributed by atoms with E-state index in [9.17, 15) is 15.0 Å². The van der Waals surface area contributed by atoms with Gasteiger partial charge in [-0.05, 0) is 30.9 Å². The van der Waals surface area contributed by atoms with Gasteiger partial charge in [-0.1, -0.05) is 25.8 Å². The molecule has 5 heteroatoms. The van der Waals surface area contributed by atoms with Crippen LogP contribution >= 0.6 is 11.6 Å². The van der Waals surface area contributed by atoms with Gasteiger partial charge in [0.25, 0.3) is 5.91 Å². The second kappa shape index (κ2) is 5.92. The lowest BCUT2D eigenvalue weighted by molar-refractivity contribution is 0.0862. The van der Waals surface area contributed by atoms with E-state index in [0.717, 1.165) is 25.7 Å². The molecule has 110 valence electrons. The van der Waals surface area contributed by atoms with Gasteiger partial charge in [0, 0.05) is 5.88 Å². The second-order valence-corrected chi connectivity index (χ2v) is 6.01. The quantitative estimate of drug-likeness (QED) is 0.751. The van der Waals surface area contributed by atoms with Crippen LogP contribution in [0, 0.1) is 5.92 Å². The summed E-state index contributed by atoms with van der Waals surface area (Å²) >= 11 is 6.07. The van der Waals surface area contributed by atoms with Gasteiger partial charge in [-0.2, -0.15) is 0 Å². The molecule has 1 aliphatic carbocycles. The first kappa shape index (κ1) is 15.0. The van der Waals surface area contributed by atoms with Crippen LogP contribution in [0.1, 0.15) is 43.0 Å². The third-order valence-corrected chi connectivity index (χ3v) is 4.49. The molecule has 1 amide bonds. The number of carbonyl (C=O) groups excluding carboxylic acids is 1. The summed E-state index contributed by atoms with van der Waals surface area (Å²) in [5, 5.41) is 22.4. The summed E-state index contributed by atoms with van der Waals surface area (Å²) in [6.07, 6.45) is 3.79. The van der Waals surface area contributed by atoms with Crippen LogP contribution in [0.4, 0.5) is 0 Å². The summed E-state index contributed by atoms with van der Waals surface area (Å²) in [5.41, 5.74) is -0.541. The predicted molar refractivity (Wildman–Crippen MR) is 78.3 cm³/mol. The van der Waals surface area contributed by atoms with E-state index in [4.69, 9.17) is 11.6 Å². The van der Waals surface area contributed by atoms with Crippen molar-refractivity contribution in [3.63, 3.8) is 0 Å². The minimum absolute atomic E-state index is 0.0878. The summed E-state index contributed by atoms with van der Waals surface area (Å²) in [7, 11) is 0. The number of halogens is 1. The molecule has 0 radical (unpaired) electrons. The zero-order valence-electron chi connectivity index (χ0n) is 11.5. The standard InChI is InChI=1S/C15H20ClNO3/c1-10-4-3-7-15(8-10,9-16)17-14(20)13-11(18)5-2-6-12(13)19/h2,5-6,10,18-19H,3-4,7-9H2,1H3,(H,17,20). The predicted octanol–water partition coefficient (Wildman–Crippen LogP) is 3.02. The molecule has 3 N–H and O–H groups in total. The zero-order chi connectivity index (χ0) is 14.8. The van der Waals surface area contributed by atoms with Gasteiger partial charge in [-0.3, -0.25) is 4.79 Å². The molecule has 0 saturated heterocycles. The Hall–Kier alpha value is -1.42. The van der Waals surface area contributed by atoms with Gasteiger partial charge < -0.3 is 15.5 Å². The lowest BCUT2D eigenvalue weighted by atomic mass is 9.77. The van der Waals surface area contributed by atoms with E-state index in [0.29, 0.717) is 11.8 Å². The highest BCUT2D eigenvalue weighted by Gasteiger charge is 2.36. The maximum Gasteiger partial charge on any atom is 0.259 e. The van der Waals surface area contributed by atoms with Crippen molar-refractivity contribution in [3.05, 3.63) is 23.8 Å². The van der Waals surface area contributed by atoms with Crippen LogP contribution in [0.2, 0.25) is 0 Å². The third kappa shape index (κ3) is 3.01. The number of aromatic hydroxyl groups is 2. The average molecular weight is 298 g/mol. The fraction of sp³-hybridized carbons (Fsp3) is 0.533. The molecule has 1 saturated carbocycles. The van der Waals surface area contributed by atoms with Gasteiger partial charge in [0.15, 0.2) is 0 Å². The Labute approximate surface area is 123 Å². The first-order chi connectivity index (χ1) is 9.47. The van der Waals surface area contributed by atoms with Crippen molar-refractivity contribution in [1.82, 2.24) is 5.32 Å². The minimum atomic E-state index is -0.477. The van der Waals surface area contributed by atoms with E-state index >= 15 is 0 Å². The second-order valence-electron chi connectivity index (χ2n) is 5.74. The van der Waals surface area contributed by atoms with Crippen LogP contribution in [0.3, 0.4) is 0 Å². The van der Waals surface area contributed by atoms with E-state index in [1.807, 2.05) is 0 Å². The van der Waals surface area contributed by atoms with Crippen molar-refractivity contribution in [2.24, 2.45) is 5.92 Å². The molecule has 1 aromatic rings. The molecule has 1 fully saturated rings. The topological polar surface area (TPSA) is 69.6 Å². The first-order valence-electron chi connectivity index (χ1n) is 6.87. The largest absolute Gasteiger partial charge is 0.507 e. The molecule has 2 atom stereocenters. The highest BCUT2D eigenvalue weighted by molar-refractivity contribution is 6.19. The van der Waals surface area contributed by atoms with Crippen molar-refractivity contribution < 1.29 is 15.0 Å². The molecular formula is C15H20ClNO3.